The van der Waals surface area contributed by atoms with E-state index in [0.29, 0.717) is 5.92 Å². The van der Waals surface area contributed by atoms with Gasteiger partial charge in [0.1, 0.15) is 5.82 Å². The van der Waals surface area contributed by atoms with Gasteiger partial charge in [-0.15, -0.1) is 11.8 Å². The number of anilines is 1. The van der Waals surface area contributed by atoms with E-state index in [1.54, 1.807) is 0 Å². The van der Waals surface area contributed by atoms with Gasteiger partial charge in [0.05, 0.1) is 0 Å². The maximum Gasteiger partial charge on any atom is 0.202 e. The molecule has 0 amide bonds. The van der Waals surface area contributed by atoms with E-state index in [1.807, 2.05) is 6.92 Å². The van der Waals surface area contributed by atoms with Crippen LogP contribution in [0, 0.1) is 11.8 Å². The Morgan fingerprint density at radius 1 is 1.57 bits per heavy atom. The lowest BCUT2D eigenvalue weighted by Gasteiger charge is -1.95. The smallest absolute Gasteiger partial charge is 0.202 e. The summed E-state index contributed by atoms with van der Waals surface area (Å²) in [4.78, 5) is 4.42. The van der Waals surface area contributed by atoms with Gasteiger partial charge < -0.3 is 5.32 Å². The molecular weight excluding hydrogens is 194 g/mol. The van der Waals surface area contributed by atoms with Crippen LogP contribution in [0.5, 0.6) is 0 Å². The summed E-state index contributed by atoms with van der Waals surface area (Å²) in [6.45, 7) is 2.72. The molecule has 0 aliphatic heterocycles. The molecular formula is C10H13N3S. The number of nitrogens with zero attached hydrogens (tertiary/aromatic N) is 2. The number of nitrogens with one attached hydrogen (secondary N) is 1. The Hall–Kier alpha value is -1.08. The van der Waals surface area contributed by atoms with Crippen LogP contribution in [-0.4, -0.2) is 15.9 Å². The second kappa shape index (κ2) is 4.43. The van der Waals surface area contributed by atoms with Crippen LogP contribution in [0.1, 0.15) is 37.9 Å². The average Bonchev–Trinajstić information content (AvgIpc) is 2.94. The summed E-state index contributed by atoms with van der Waals surface area (Å²) in [5.41, 5.74) is 0. The fourth-order valence-electron chi connectivity index (χ4n) is 1.17. The van der Waals surface area contributed by atoms with E-state index in [2.05, 4.69) is 26.5 Å². The maximum absolute atomic E-state index is 4.42. The van der Waals surface area contributed by atoms with E-state index in [0.717, 1.165) is 23.9 Å². The van der Waals surface area contributed by atoms with Crippen molar-refractivity contribution in [1.29, 1.82) is 0 Å². The first-order valence-electron chi connectivity index (χ1n) is 4.87. The van der Waals surface area contributed by atoms with Gasteiger partial charge in [-0.3, -0.25) is 0 Å². The van der Waals surface area contributed by atoms with Crippen LogP contribution in [0.15, 0.2) is 0 Å². The molecule has 0 atom stereocenters. The predicted molar refractivity (Wildman–Crippen MR) is 58.4 cm³/mol. The minimum absolute atomic E-state index is 0.650. The Morgan fingerprint density at radius 2 is 2.43 bits per heavy atom. The Labute approximate surface area is 88.1 Å². The van der Waals surface area contributed by atoms with Crippen LogP contribution in [0.4, 0.5) is 5.13 Å². The number of hydrogen-bond donors (Lipinski definition) is 1. The lowest BCUT2D eigenvalue weighted by molar-refractivity contribution is 0.978. The van der Waals surface area contributed by atoms with Crippen LogP contribution in [-0.2, 0) is 0 Å². The van der Waals surface area contributed by atoms with Crippen molar-refractivity contribution in [3.05, 3.63) is 5.82 Å². The van der Waals surface area contributed by atoms with Crippen LogP contribution in [0.25, 0.3) is 0 Å². The van der Waals surface area contributed by atoms with E-state index < -0.39 is 0 Å². The zero-order valence-electron chi connectivity index (χ0n) is 8.21. The summed E-state index contributed by atoms with van der Waals surface area (Å²) in [6, 6.07) is 0. The van der Waals surface area contributed by atoms with Gasteiger partial charge in [-0.25, -0.2) is 4.98 Å². The maximum atomic E-state index is 4.42. The average molecular weight is 207 g/mol. The van der Waals surface area contributed by atoms with Gasteiger partial charge in [-0.05, 0) is 19.8 Å². The zero-order chi connectivity index (χ0) is 9.80. The minimum Gasteiger partial charge on any atom is -0.359 e. The van der Waals surface area contributed by atoms with E-state index >= 15 is 0 Å². The standard InChI is InChI=1S/C10H13N3S/c1-2-3-4-7-11-10-12-9(13-14-10)8-5-6-8/h8H,4-7H2,1H3,(H,11,12,13). The number of hydrogen-bond acceptors (Lipinski definition) is 4. The molecule has 0 radical (unpaired) electrons. The van der Waals surface area contributed by atoms with Gasteiger partial charge in [0.15, 0.2) is 0 Å². The topological polar surface area (TPSA) is 37.8 Å². The van der Waals surface area contributed by atoms with Crippen LogP contribution in [0.3, 0.4) is 0 Å². The fourth-order valence-corrected chi connectivity index (χ4v) is 1.84. The molecule has 1 heterocycles. The molecule has 1 aromatic heterocycles. The van der Waals surface area contributed by atoms with Gasteiger partial charge in [-0.2, -0.15) is 4.37 Å². The van der Waals surface area contributed by atoms with Gasteiger partial charge in [-0.1, -0.05) is 0 Å². The van der Waals surface area contributed by atoms with Gasteiger partial charge >= 0.3 is 0 Å². The quantitative estimate of drug-likeness (QED) is 0.608. The Bertz CT molecular complexity index is 357. The second-order valence-corrected chi connectivity index (χ2v) is 4.09. The Morgan fingerprint density at radius 3 is 3.14 bits per heavy atom. The first-order valence-corrected chi connectivity index (χ1v) is 5.64. The summed E-state index contributed by atoms with van der Waals surface area (Å²) in [5, 5.41) is 4.16. The third-order valence-corrected chi connectivity index (χ3v) is 2.77. The molecule has 0 bridgehead atoms. The van der Waals surface area contributed by atoms with Crippen LogP contribution < -0.4 is 5.32 Å². The van der Waals surface area contributed by atoms with Crippen molar-refractivity contribution < 1.29 is 0 Å². The molecule has 0 unspecified atom stereocenters. The molecule has 1 aliphatic carbocycles. The van der Waals surface area contributed by atoms with Crippen LogP contribution in [0.2, 0.25) is 0 Å². The first kappa shape index (κ1) is 9.47. The molecule has 1 aliphatic rings. The minimum atomic E-state index is 0.650. The summed E-state index contributed by atoms with van der Waals surface area (Å²) < 4.78 is 4.31. The third-order valence-electron chi connectivity index (χ3n) is 2.09. The highest BCUT2D eigenvalue weighted by atomic mass is 32.1. The summed E-state index contributed by atoms with van der Waals surface area (Å²) in [5.74, 6) is 7.55. The Kier molecular flexibility index (Phi) is 3.00. The molecule has 0 spiro atoms. The fraction of sp³-hybridized carbons (Fsp3) is 0.600. The van der Waals surface area contributed by atoms with Crippen molar-refractivity contribution in [2.45, 2.75) is 32.1 Å². The molecule has 2 rings (SSSR count). The highest BCUT2D eigenvalue weighted by molar-refractivity contribution is 7.09. The van der Waals surface area contributed by atoms with Crippen LogP contribution >= 0.6 is 11.5 Å². The highest BCUT2D eigenvalue weighted by Crippen LogP contribution is 2.39. The molecule has 14 heavy (non-hydrogen) atoms. The summed E-state index contributed by atoms with van der Waals surface area (Å²) >= 11 is 1.46. The van der Waals surface area contributed by atoms with Crippen molar-refractivity contribution in [1.82, 2.24) is 9.36 Å². The lowest BCUT2D eigenvalue weighted by atomic mass is 10.4. The zero-order valence-corrected chi connectivity index (χ0v) is 9.02. The Balaban J connectivity index is 1.79. The van der Waals surface area contributed by atoms with Crippen molar-refractivity contribution >= 4 is 16.7 Å². The number of aromatic nitrogens is 2. The molecule has 1 saturated carbocycles. The van der Waals surface area contributed by atoms with E-state index in [9.17, 15) is 0 Å². The van der Waals surface area contributed by atoms with Crippen molar-refractivity contribution in [3.8, 4) is 11.8 Å². The van der Waals surface area contributed by atoms with E-state index in [-0.39, 0.29) is 0 Å². The van der Waals surface area contributed by atoms with Gasteiger partial charge in [0, 0.05) is 30.4 Å². The van der Waals surface area contributed by atoms with Crippen molar-refractivity contribution in [2.24, 2.45) is 0 Å². The molecule has 1 N–H and O–H groups in total. The van der Waals surface area contributed by atoms with Gasteiger partial charge in [0.25, 0.3) is 0 Å². The molecule has 4 heteroatoms. The summed E-state index contributed by atoms with van der Waals surface area (Å²) in [7, 11) is 0. The second-order valence-electron chi connectivity index (χ2n) is 3.34. The SMILES string of the molecule is CC#CCCNc1nc(C2CC2)ns1. The number of rotatable bonds is 4. The monoisotopic (exact) mass is 207 g/mol. The molecule has 0 aromatic carbocycles. The predicted octanol–water partition coefficient (Wildman–Crippen LogP) is 2.24. The molecule has 1 aromatic rings. The van der Waals surface area contributed by atoms with Crippen molar-refractivity contribution in [3.63, 3.8) is 0 Å². The van der Waals surface area contributed by atoms with Crippen molar-refractivity contribution in [2.75, 3.05) is 11.9 Å². The first-order chi connectivity index (χ1) is 6.90. The largest absolute Gasteiger partial charge is 0.359 e. The van der Waals surface area contributed by atoms with E-state index in [4.69, 9.17) is 0 Å². The highest BCUT2D eigenvalue weighted by Gasteiger charge is 2.27. The normalized spacial score (nSPS) is 14.6. The van der Waals surface area contributed by atoms with Gasteiger partial charge in [0.2, 0.25) is 5.13 Å². The summed E-state index contributed by atoms with van der Waals surface area (Å²) in [6.07, 6.45) is 3.39. The molecule has 1 fully saturated rings. The molecule has 74 valence electrons. The third kappa shape index (κ3) is 2.46. The molecule has 3 nitrogen and oxygen atoms in total. The lowest BCUT2D eigenvalue weighted by Crippen LogP contribution is -1.99. The molecule has 0 saturated heterocycles. The van der Waals surface area contributed by atoms with E-state index in [1.165, 1.54) is 24.4 Å².